The predicted octanol–water partition coefficient (Wildman–Crippen LogP) is 1.42. The van der Waals surface area contributed by atoms with Crippen LogP contribution in [-0.4, -0.2) is 47.3 Å². The van der Waals surface area contributed by atoms with E-state index in [1.54, 1.807) is 19.9 Å². The van der Waals surface area contributed by atoms with Crippen LogP contribution in [0, 0.1) is 6.92 Å². The largest absolute Gasteiger partial charge is 0.469 e. The summed E-state index contributed by atoms with van der Waals surface area (Å²) >= 11 is 1.13. The SMILES string of the molecule is Cc1occc1-c1nnc(S[C@H](C)C(=O)N[C@@H]2CCS(=O)(=O)C2)o1. The lowest BCUT2D eigenvalue weighted by molar-refractivity contribution is -0.120. The number of carbonyl (C=O) groups excluding carboxylic acids is 1. The Morgan fingerprint density at radius 1 is 1.46 bits per heavy atom. The smallest absolute Gasteiger partial charge is 0.277 e. The molecule has 1 aliphatic heterocycles. The maximum atomic E-state index is 12.2. The monoisotopic (exact) mass is 371 g/mol. The van der Waals surface area contributed by atoms with Crippen molar-refractivity contribution in [2.24, 2.45) is 0 Å². The van der Waals surface area contributed by atoms with E-state index in [1.165, 1.54) is 6.26 Å². The van der Waals surface area contributed by atoms with E-state index in [1.807, 2.05) is 0 Å². The van der Waals surface area contributed by atoms with Gasteiger partial charge in [-0.2, -0.15) is 0 Å². The first kappa shape index (κ1) is 17.0. The number of aromatic nitrogens is 2. The predicted molar refractivity (Wildman–Crippen MR) is 87.3 cm³/mol. The minimum atomic E-state index is -3.02. The van der Waals surface area contributed by atoms with Crippen LogP contribution >= 0.6 is 11.8 Å². The number of thioether (sulfide) groups is 1. The molecule has 0 aromatic carbocycles. The second-order valence-electron chi connectivity index (χ2n) is 5.63. The van der Waals surface area contributed by atoms with Crippen LogP contribution in [0.25, 0.3) is 11.5 Å². The maximum Gasteiger partial charge on any atom is 0.277 e. The summed E-state index contributed by atoms with van der Waals surface area (Å²) in [7, 11) is -3.02. The summed E-state index contributed by atoms with van der Waals surface area (Å²) in [5, 5.41) is 10.4. The minimum absolute atomic E-state index is 0.000594. The first-order valence-corrected chi connectivity index (χ1v) is 10.1. The van der Waals surface area contributed by atoms with Gasteiger partial charge in [-0.3, -0.25) is 4.79 Å². The number of furan rings is 1. The van der Waals surface area contributed by atoms with Crippen LogP contribution in [0.2, 0.25) is 0 Å². The van der Waals surface area contributed by atoms with E-state index in [0.717, 1.165) is 11.8 Å². The molecular weight excluding hydrogens is 354 g/mol. The maximum absolute atomic E-state index is 12.2. The summed E-state index contributed by atoms with van der Waals surface area (Å²) in [6.07, 6.45) is 1.99. The number of sulfone groups is 1. The number of rotatable bonds is 5. The van der Waals surface area contributed by atoms with Crippen molar-refractivity contribution in [2.45, 2.75) is 36.8 Å². The van der Waals surface area contributed by atoms with Crippen molar-refractivity contribution in [1.82, 2.24) is 15.5 Å². The van der Waals surface area contributed by atoms with Gasteiger partial charge in [0.25, 0.3) is 11.1 Å². The Kier molecular flexibility index (Phi) is 4.68. The summed E-state index contributed by atoms with van der Waals surface area (Å²) in [6, 6.07) is 1.41. The van der Waals surface area contributed by atoms with Crippen molar-refractivity contribution in [1.29, 1.82) is 0 Å². The molecule has 2 aromatic rings. The van der Waals surface area contributed by atoms with Crippen molar-refractivity contribution in [3.05, 3.63) is 18.1 Å². The quantitative estimate of drug-likeness (QED) is 0.785. The molecule has 3 heterocycles. The standard InChI is InChI=1S/C14H17N3O5S2/c1-8-11(3-5-21-8)13-16-17-14(22-13)23-9(2)12(18)15-10-4-6-24(19,20)7-10/h3,5,9-10H,4,6-7H2,1-2H3,(H,15,18)/t9-,10-/m1/s1. The fourth-order valence-electron chi connectivity index (χ4n) is 2.41. The second-order valence-corrected chi connectivity index (χ2v) is 9.15. The average Bonchev–Trinajstić information content (AvgIpc) is 3.20. The zero-order chi connectivity index (χ0) is 17.3. The van der Waals surface area contributed by atoms with Gasteiger partial charge in [0.05, 0.1) is 28.6 Å². The zero-order valence-corrected chi connectivity index (χ0v) is 14.8. The van der Waals surface area contributed by atoms with Gasteiger partial charge < -0.3 is 14.2 Å². The molecule has 1 aliphatic rings. The number of hydrogen-bond donors (Lipinski definition) is 1. The Labute approximate surface area is 143 Å². The van der Waals surface area contributed by atoms with Gasteiger partial charge in [0.2, 0.25) is 5.91 Å². The molecule has 2 atom stereocenters. The summed E-state index contributed by atoms with van der Waals surface area (Å²) in [4.78, 5) is 12.2. The Bertz CT molecular complexity index is 842. The fraction of sp³-hybridized carbons (Fsp3) is 0.500. The van der Waals surface area contributed by atoms with E-state index in [9.17, 15) is 13.2 Å². The molecule has 0 unspecified atom stereocenters. The van der Waals surface area contributed by atoms with Gasteiger partial charge in [0.1, 0.15) is 5.76 Å². The fourth-order valence-corrected chi connectivity index (χ4v) is 4.77. The molecule has 0 bridgehead atoms. The van der Waals surface area contributed by atoms with E-state index in [-0.39, 0.29) is 28.7 Å². The van der Waals surface area contributed by atoms with Crippen molar-refractivity contribution >= 4 is 27.5 Å². The molecule has 2 aromatic heterocycles. The average molecular weight is 371 g/mol. The topological polar surface area (TPSA) is 115 Å². The van der Waals surface area contributed by atoms with Crippen molar-refractivity contribution in [3.63, 3.8) is 0 Å². The Morgan fingerprint density at radius 3 is 2.88 bits per heavy atom. The number of aryl methyl sites for hydroxylation is 1. The van der Waals surface area contributed by atoms with Crippen LogP contribution < -0.4 is 5.32 Å². The van der Waals surface area contributed by atoms with Gasteiger partial charge in [0, 0.05) is 6.04 Å². The third-order valence-electron chi connectivity index (χ3n) is 3.72. The molecule has 1 amide bonds. The molecule has 10 heteroatoms. The van der Waals surface area contributed by atoms with Crippen molar-refractivity contribution in [3.8, 4) is 11.5 Å². The molecule has 0 spiro atoms. The molecule has 1 saturated heterocycles. The minimum Gasteiger partial charge on any atom is -0.469 e. The van der Waals surface area contributed by atoms with Crippen LogP contribution in [0.5, 0.6) is 0 Å². The van der Waals surface area contributed by atoms with Crippen molar-refractivity contribution < 1.29 is 22.0 Å². The molecule has 8 nitrogen and oxygen atoms in total. The highest BCUT2D eigenvalue weighted by atomic mass is 32.2. The van der Waals surface area contributed by atoms with E-state index >= 15 is 0 Å². The summed E-state index contributed by atoms with van der Waals surface area (Å²) in [6.45, 7) is 3.49. The van der Waals surface area contributed by atoms with E-state index < -0.39 is 15.1 Å². The third kappa shape index (κ3) is 3.81. The lowest BCUT2D eigenvalue weighted by Crippen LogP contribution is -2.39. The number of nitrogens with zero attached hydrogens (tertiary/aromatic N) is 2. The number of nitrogens with one attached hydrogen (secondary N) is 1. The highest BCUT2D eigenvalue weighted by Crippen LogP contribution is 2.28. The number of carbonyl (C=O) groups is 1. The van der Waals surface area contributed by atoms with Gasteiger partial charge in [0.15, 0.2) is 9.84 Å². The molecule has 1 N–H and O–H groups in total. The molecule has 0 aliphatic carbocycles. The van der Waals surface area contributed by atoms with Crippen LogP contribution in [0.3, 0.4) is 0 Å². The molecular formula is C14H17N3O5S2. The highest BCUT2D eigenvalue weighted by Gasteiger charge is 2.30. The van der Waals surface area contributed by atoms with Gasteiger partial charge in [-0.25, -0.2) is 8.42 Å². The third-order valence-corrected chi connectivity index (χ3v) is 6.42. The van der Waals surface area contributed by atoms with Gasteiger partial charge in [-0.15, -0.1) is 10.2 Å². The van der Waals surface area contributed by atoms with Gasteiger partial charge in [-0.1, -0.05) is 11.8 Å². The molecule has 24 heavy (non-hydrogen) atoms. The summed E-state index contributed by atoms with van der Waals surface area (Å²) in [5.74, 6) is 0.875. The molecule has 0 radical (unpaired) electrons. The Morgan fingerprint density at radius 2 is 2.25 bits per heavy atom. The van der Waals surface area contributed by atoms with E-state index in [2.05, 4.69) is 15.5 Å². The molecule has 3 rings (SSSR count). The highest BCUT2D eigenvalue weighted by molar-refractivity contribution is 8.00. The molecule has 0 saturated carbocycles. The van der Waals surface area contributed by atoms with Crippen LogP contribution in [0.4, 0.5) is 0 Å². The lowest BCUT2D eigenvalue weighted by atomic mass is 10.2. The number of amides is 1. The Balaban J connectivity index is 1.59. The molecule has 130 valence electrons. The first-order valence-electron chi connectivity index (χ1n) is 7.39. The van der Waals surface area contributed by atoms with Crippen LogP contribution in [0.1, 0.15) is 19.1 Å². The molecule has 1 fully saturated rings. The van der Waals surface area contributed by atoms with Gasteiger partial charge >= 0.3 is 0 Å². The zero-order valence-electron chi connectivity index (χ0n) is 13.2. The number of hydrogen-bond acceptors (Lipinski definition) is 8. The lowest BCUT2D eigenvalue weighted by Gasteiger charge is -2.14. The van der Waals surface area contributed by atoms with Gasteiger partial charge in [-0.05, 0) is 26.3 Å². The summed E-state index contributed by atoms with van der Waals surface area (Å²) in [5.41, 5.74) is 0.711. The Hall–Kier alpha value is -1.81. The van der Waals surface area contributed by atoms with E-state index in [4.69, 9.17) is 8.83 Å². The normalized spacial score (nSPS) is 20.8. The van der Waals surface area contributed by atoms with Crippen molar-refractivity contribution in [2.75, 3.05) is 11.5 Å². The van der Waals surface area contributed by atoms with Crippen LogP contribution in [0.15, 0.2) is 26.4 Å². The van der Waals surface area contributed by atoms with E-state index in [0.29, 0.717) is 23.6 Å². The first-order chi connectivity index (χ1) is 11.3. The van der Waals surface area contributed by atoms with Crippen LogP contribution in [-0.2, 0) is 14.6 Å². The second kappa shape index (κ2) is 6.60. The summed E-state index contributed by atoms with van der Waals surface area (Å²) < 4.78 is 33.6.